The topological polar surface area (TPSA) is 58.8 Å². The normalized spacial score (nSPS) is 11.9. The SMILES string of the molecule is CCNC(=NCC(C)(C)OC)NCCc1ccco1.I. The minimum atomic E-state index is -0.247. The number of halogens is 1. The highest BCUT2D eigenvalue weighted by atomic mass is 127. The van der Waals surface area contributed by atoms with Gasteiger partial charge in [-0.1, -0.05) is 0 Å². The molecule has 0 saturated carbocycles. The third-order valence-electron chi connectivity index (χ3n) is 2.76. The van der Waals surface area contributed by atoms with Crippen LogP contribution < -0.4 is 10.6 Å². The fraction of sp³-hybridized carbons (Fsp3) is 0.643. The summed E-state index contributed by atoms with van der Waals surface area (Å²) in [6, 6.07) is 3.87. The van der Waals surface area contributed by atoms with E-state index in [1.807, 2.05) is 32.9 Å². The third-order valence-corrected chi connectivity index (χ3v) is 2.76. The van der Waals surface area contributed by atoms with Crippen LogP contribution in [-0.4, -0.2) is 38.3 Å². The average Bonchev–Trinajstić information content (AvgIpc) is 2.89. The molecule has 0 aliphatic carbocycles. The molecule has 0 radical (unpaired) electrons. The van der Waals surface area contributed by atoms with Crippen LogP contribution >= 0.6 is 24.0 Å². The summed E-state index contributed by atoms with van der Waals surface area (Å²) < 4.78 is 10.6. The van der Waals surface area contributed by atoms with Crippen LogP contribution in [0.15, 0.2) is 27.8 Å². The van der Waals surface area contributed by atoms with E-state index in [2.05, 4.69) is 15.6 Å². The summed E-state index contributed by atoms with van der Waals surface area (Å²) >= 11 is 0. The van der Waals surface area contributed by atoms with Crippen LogP contribution in [0.25, 0.3) is 0 Å². The van der Waals surface area contributed by atoms with Crippen molar-refractivity contribution in [3.8, 4) is 0 Å². The third kappa shape index (κ3) is 7.74. The van der Waals surface area contributed by atoms with Crippen molar-refractivity contribution in [2.75, 3.05) is 26.7 Å². The lowest BCUT2D eigenvalue weighted by Crippen LogP contribution is -2.40. The van der Waals surface area contributed by atoms with E-state index in [-0.39, 0.29) is 29.6 Å². The first-order valence-corrected chi connectivity index (χ1v) is 6.67. The van der Waals surface area contributed by atoms with Crippen LogP contribution in [0.3, 0.4) is 0 Å². The number of ether oxygens (including phenoxy) is 1. The first kappa shape index (κ1) is 19.2. The quantitative estimate of drug-likeness (QED) is 0.423. The lowest BCUT2D eigenvalue weighted by Gasteiger charge is -2.21. The number of methoxy groups -OCH3 is 1. The Morgan fingerprint density at radius 3 is 2.70 bits per heavy atom. The van der Waals surface area contributed by atoms with Crippen LogP contribution in [0.4, 0.5) is 0 Å². The second kappa shape index (κ2) is 10.0. The average molecular weight is 395 g/mol. The van der Waals surface area contributed by atoms with E-state index in [9.17, 15) is 0 Å². The molecule has 20 heavy (non-hydrogen) atoms. The smallest absolute Gasteiger partial charge is 0.191 e. The van der Waals surface area contributed by atoms with Crippen LogP contribution in [0, 0.1) is 0 Å². The minimum Gasteiger partial charge on any atom is -0.469 e. The van der Waals surface area contributed by atoms with Gasteiger partial charge in [0.15, 0.2) is 5.96 Å². The van der Waals surface area contributed by atoms with Gasteiger partial charge in [0.25, 0.3) is 0 Å². The van der Waals surface area contributed by atoms with Gasteiger partial charge >= 0.3 is 0 Å². The highest BCUT2D eigenvalue weighted by Gasteiger charge is 2.15. The van der Waals surface area contributed by atoms with E-state index in [1.54, 1.807) is 13.4 Å². The molecular formula is C14H26IN3O2. The van der Waals surface area contributed by atoms with Crippen LogP contribution in [0.2, 0.25) is 0 Å². The number of hydrogen-bond acceptors (Lipinski definition) is 3. The molecule has 0 aliphatic rings. The van der Waals surface area contributed by atoms with Gasteiger partial charge in [-0.05, 0) is 32.9 Å². The minimum absolute atomic E-state index is 0. The molecule has 2 N–H and O–H groups in total. The van der Waals surface area contributed by atoms with Crippen LogP contribution in [0.5, 0.6) is 0 Å². The molecule has 0 aliphatic heterocycles. The molecule has 0 fully saturated rings. The number of furan rings is 1. The highest BCUT2D eigenvalue weighted by Crippen LogP contribution is 2.07. The maximum absolute atomic E-state index is 5.35. The Balaban J connectivity index is 0.00000361. The lowest BCUT2D eigenvalue weighted by molar-refractivity contribution is 0.0310. The molecule has 1 aromatic heterocycles. The predicted octanol–water partition coefficient (Wildman–Crippen LogP) is 2.42. The van der Waals surface area contributed by atoms with Gasteiger partial charge in [0.2, 0.25) is 0 Å². The molecule has 1 heterocycles. The second-order valence-electron chi connectivity index (χ2n) is 4.92. The van der Waals surface area contributed by atoms with Gasteiger partial charge in [0.05, 0.1) is 18.4 Å². The fourth-order valence-electron chi connectivity index (χ4n) is 1.43. The van der Waals surface area contributed by atoms with Crippen molar-refractivity contribution in [2.45, 2.75) is 32.8 Å². The summed E-state index contributed by atoms with van der Waals surface area (Å²) in [6.45, 7) is 8.31. The Morgan fingerprint density at radius 1 is 1.40 bits per heavy atom. The molecule has 0 unspecified atom stereocenters. The molecule has 0 bridgehead atoms. The van der Waals surface area contributed by atoms with E-state index < -0.39 is 0 Å². The molecule has 116 valence electrons. The first-order chi connectivity index (χ1) is 9.07. The van der Waals surface area contributed by atoms with Crippen molar-refractivity contribution in [1.29, 1.82) is 0 Å². The van der Waals surface area contributed by atoms with Crippen LogP contribution in [-0.2, 0) is 11.2 Å². The lowest BCUT2D eigenvalue weighted by atomic mass is 10.1. The molecule has 1 rings (SSSR count). The number of rotatable bonds is 7. The molecule has 0 spiro atoms. The van der Waals surface area contributed by atoms with Gasteiger partial charge in [-0.3, -0.25) is 4.99 Å². The molecule has 0 aromatic carbocycles. The molecule has 0 atom stereocenters. The monoisotopic (exact) mass is 395 g/mol. The second-order valence-corrected chi connectivity index (χ2v) is 4.92. The summed E-state index contributed by atoms with van der Waals surface area (Å²) in [5, 5.41) is 6.49. The van der Waals surface area contributed by atoms with Crippen molar-refractivity contribution in [3.05, 3.63) is 24.2 Å². The Kier molecular flexibility index (Phi) is 9.66. The first-order valence-electron chi connectivity index (χ1n) is 6.67. The number of nitrogens with zero attached hydrogens (tertiary/aromatic N) is 1. The van der Waals surface area contributed by atoms with Crippen molar-refractivity contribution in [3.63, 3.8) is 0 Å². The van der Waals surface area contributed by atoms with Gasteiger partial charge in [-0.15, -0.1) is 24.0 Å². The van der Waals surface area contributed by atoms with Crippen LogP contribution in [0.1, 0.15) is 26.5 Å². The van der Waals surface area contributed by atoms with Crippen molar-refractivity contribution in [1.82, 2.24) is 10.6 Å². The molecule has 0 saturated heterocycles. The molecule has 1 aromatic rings. The van der Waals surface area contributed by atoms with Crippen molar-refractivity contribution in [2.24, 2.45) is 4.99 Å². The molecule has 5 nitrogen and oxygen atoms in total. The summed E-state index contributed by atoms with van der Waals surface area (Å²) in [5.41, 5.74) is -0.247. The maximum Gasteiger partial charge on any atom is 0.191 e. The zero-order valence-electron chi connectivity index (χ0n) is 12.7. The number of nitrogens with one attached hydrogen (secondary N) is 2. The van der Waals surface area contributed by atoms with Crippen molar-refractivity contribution < 1.29 is 9.15 Å². The highest BCUT2D eigenvalue weighted by molar-refractivity contribution is 14.0. The van der Waals surface area contributed by atoms with E-state index in [1.165, 1.54) is 0 Å². The maximum atomic E-state index is 5.35. The van der Waals surface area contributed by atoms with E-state index in [4.69, 9.17) is 9.15 Å². The standard InChI is InChI=1S/C14H25N3O2.HI/c1-5-15-13(17-11-14(2,3)18-4)16-9-8-12-7-6-10-19-12;/h6-7,10H,5,8-9,11H2,1-4H3,(H2,15,16,17);1H. The predicted molar refractivity (Wildman–Crippen MR) is 92.9 cm³/mol. The van der Waals surface area contributed by atoms with Gasteiger partial charge < -0.3 is 19.8 Å². The summed E-state index contributed by atoms with van der Waals surface area (Å²) in [7, 11) is 1.70. The van der Waals surface area contributed by atoms with Gasteiger partial charge in [-0.25, -0.2) is 0 Å². The molecule has 6 heteroatoms. The largest absolute Gasteiger partial charge is 0.469 e. The Hall–Kier alpha value is -0.760. The number of aliphatic imine (C=N–C) groups is 1. The van der Waals surface area contributed by atoms with E-state index in [0.29, 0.717) is 6.54 Å². The molecular weight excluding hydrogens is 369 g/mol. The van der Waals surface area contributed by atoms with Gasteiger partial charge in [0.1, 0.15) is 5.76 Å². The summed E-state index contributed by atoms with van der Waals surface area (Å²) in [6.07, 6.45) is 2.53. The Bertz CT molecular complexity index is 378. The van der Waals surface area contributed by atoms with Gasteiger partial charge in [0, 0.05) is 26.6 Å². The Labute approximate surface area is 138 Å². The van der Waals surface area contributed by atoms with E-state index in [0.717, 1.165) is 31.2 Å². The van der Waals surface area contributed by atoms with E-state index >= 15 is 0 Å². The molecule has 0 amide bonds. The number of guanidine groups is 1. The number of hydrogen-bond donors (Lipinski definition) is 2. The zero-order chi connectivity index (χ0) is 14.1. The summed E-state index contributed by atoms with van der Waals surface area (Å²) in [4.78, 5) is 4.51. The Morgan fingerprint density at radius 2 is 2.15 bits per heavy atom. The summed E-state index contributed by atoms with van der Waals surface area (Å²) in [5.74, 6) is 1.78. The zero-order valence-corrected chi connectivity index (χ0v) is 15.1. The fourth-order valence-corrected chi connectivity index (χ4v) is 1.43. The van der Waals surface area contributed by atoms with Crippen molar-refractivity contribution >= 4 is 29.9 Å². The van der Waals surface area contributed by atoms with Gasteiger partial charge in [-0.2, -0.15) is 0 Å².